The van der Waals surface area contributed by atoms with Crippen molar-refractivity contribution in [2.75, 3.05) is 0 Å². The van der Waals surface area contributed by atoms with Gasteiger partial charge in [-0.1, -0.05) is 27.2 Å². The summed E-state index contributed by atoms with van der Waals surface area (Å²) in [7, 11) is 0. The van der Waals surface area contributed by atoms with E-state index in [1.54, 1.807) is 0 Å². The van der Waals surface area contributed by atoms with Gasteiger partial charge in [0.15, 0.2) is 0 Å². The van der Waals surface area contributed by atoms with Gasteiger partial charge in [-0.2, -0.15) is 0 Å². The zero-order valence-corrected chi connectivity index (χ0v) is 12.5. The Morgan fingerprint density at radius 2 is 1.44 bits per heavy atom. The summed E-state index contributed by atoms with van der Waals surface area (Å²) in [4.78, 5) is 12.6. The molecule has 0 N–H and O–H groups in total. The Kier molecular flexibility index (Phi) is 4.50. The van der Waals surface area contributed by atoms with E-state index < -0.39 is 0 Å². The fourth-order valence-electron chi connectivity index (χ4n) is 3.87. The van der Waals surface area contributed by atoms with Gasteiger partial charge in [-0.25, -0.2) is 0 Å². The van der Waals surface area contributed by atoms with E-state index in [9.17, 15) is 4.79 Å². The highest BCUT2D eigenvalue weighted by Crippen LogP contribution is 2.41. The molecule has 2 aliphatic rings. The molecule has 0 amide bonds. The molecule has 2 fully saturated rings. The quantitative estimate of drug-likeness (QED) is 0.689. The lowest BCUT2D eigenvalue weighted by Gasteiger charge is -2.36. The number of hydrogen-bond donors (Lipinski definition) is 0. The van der Waals surface area contributed by atoms with Gasteiger partial charge >= 0.3 is 0 Å². The van der Waals surface area contributed by atoms with Crippen molar-refractivity contribution in [1.29, 1.82) is 0 Å². The van der Waals surface area contributed by atoms with Gasteiger partial charge in [-0.3, -0.25) is 4.79 Å². The molecule has 2 aliphatic carbocycles. The highest BCUT2D eigenvalue weighted by molar-refractivity contribution is 5.83. The molecule has 18 heavy (non-hydrogen) atoms. The third kappa shape index (κ3) is 3.36. The average molecular weight is 250 g/mol. The maximum absolute atomic E-state index is 12.6. The number of carbonyl (C=O) groups excluding carboxylic acids is 1. The minimum absolute atomic E-state index is 0.404. The predicted octanol–water partition coefficient (Wildman–Crippen LogP) is 4.99. The van der Waals surface area contributed by atoms with E-state index in [1.807, 2.05) is 0 Å². The van der Waals surface area contributed by atoms with Crippen LogP contribution in [0.15, 0.2) is 0 Å². The Labute approximate surface area is 113 Å². The van der Waals surface area contributed by atoms with Crippen molar-refractivity contribution in [3.8, 4) is 0 Å². The Balaban J connectivity index is 1.82. The first-order valence-corrected chi connectivity index (χ1v) is 8.05. The second-order valence-corrected chi connectivity index (χ2v) is 7.47. The van der Waals surface area contributed by atoms with Gasteiger partial charge in [-0.15, -0.1) is 0 Å². The lowest BCUT2D eigenvalue weighted by Crippen LogP contribution is -2.32. The maximum Gasteiger partial charge on any atom is 0.139 e. The molecule has 2 saturated carbocycles. The molecule has 0 aromatic carbocycles. The van der Waals surface area contributed by atoms with Crippen LogP contribution in [0.4, 0.5) is 0 Å². The third-order valence-corrected chi connectivity index (χ3v) is 5.57. The van der Waals surface area contributed by atoms with Gasteiger partial charge in [0.2, 0.25) is 0 Å². The Bertz CT molecular complexity index is 274. The van der Waals surface area contributed by atoms with Crippen molar-refractivity contribution in [3.63, 3.8) is 0 Å². The summed E-state index contributed by atoms with van der Waals surface area (Å²) in [6.45, 7) is 6.98. The van der Waals surface area contributed by atoms with Crippen molar-refractivity contribution in [3.05, 3.63) is 0 Å². The van der Waals surface area contributed by atoms with Crippen LogP contribution in [0, 0.1) is 23.2 Å². The molecular formula is C17H30O. The summed E-state index contributed by atoms with van der Waals surface area (Å²) in [5.74, 6) is 2.35. The monoisotopic (exact) mass is 250 g/mol. The second-order valence-electron chi connectivity index (χ2n) is 7.47. The van der Waals surface area contributed by atoms with Gasteiger partial charge < -0.3 is 0 Å². The van der Waals surface area contributed by atoms with E-state index in [4.69, 9.17) is 0 Å². The van der Waals surface area contributed by atoms with Gasteiger partial charge in [0.05, 0.1) is 0 Å². The molecule has 0 saturated heterocycles. The first-order chi connectivity index (χ1) is 8.52. The largest absolute Gasteiger partial charge is 0.299 e. The zero-order valence-electron chi connectivity index (χ0n) is 12.5. The lowest BCUT2D eigenvalue weighted by atomic mass is 9.68. The molecule has 1 heteroatoms. The Morgan fingerprint density at radius 1 is 0.944 bits per heavy atom. The molecule has 1 nitrogen and oxygen atoms in total. The number of carbonyl (C=O) groups is 1. The summed E-state index contributed by atoms with van der Waals surface area (Å²) >= 11 is 0. The van der Waals surface area contributed by atoms with Gasteiger partial charge in [-0.05, 0) is 62.7 Å². The first-order valence-electron chi connectivity index (χ1n) is 8.05. The number of ketones is 1. The van der Waals surface area contributed by atoms with Gasteiger partial charge in [0, 0.05) is 11.8 Å². The number of rotatable bonds is 3. The van der Waals surface area contributed by atoms with E-state index in [1.165, 1.54) is 44.9 Å². The fourth-order valence-corrected chi connectivity index (χ4v) is 3.87. The highest BCUT2D eigenvalue weighted by Gasteiger charge is 2.34. The fraction of sp³-hybridized carbons (Fsp3) is 0.941. The maximum atomic E-state index is 12.6. The van der Waals surface area contributed by atoms with Crippen molar-refractivity contribution in [2.24, 2.45) is 23.2 Å². The molecule has 0 radical (unpaired) electrons. The van der Waals surface area contributed by atoms with Crippen LogP contribution in [0.2, 0.25) is 0 Å². The molecule has 0 aliphatic heterocycles. The molecular weight excluding hydrogens is 220 g/mol. The topological polar surface area (TPSA) is 17.1 Å². The van der Waals surface area contributed by atoms with Crippen molar-refractivity contribution < 1.29 is 4.79 Å². The summed E-state index contributed by atoms with van der Waals surface area (Å²) in [6, 6.07) is 0. The molecule has 0 aromatic heterocycles. The molecule has 104 valence electrons. The molecule has 0 spiro atoms. The zero-order chi connectivity index (χ0) is 13.2. The van der Waals surface area contributed by atoms with E-state index in [0.717, 1.165) is 18.8 Å². The second kappa shape index (κ2) is 5.75. The molecule has 0 heterocycles. The number of hydrogen-bond acceptors (Lipinski definition) is 1. The normalized spacial score (nSPS) is 33.3. The number of Topliss-reactive ketones (excluding diaryl/α,β-unsaturated/α-hetero) is 1. The average Bonchev–Trinajstić information content (AvgIpc) is 2.38. The molecule has 0 unspecified atom stereocenters. The van der Waals surface area contributed by atoms with E-state index in [0.29, 0.717) is 23.0 Å². The SMILES string of the molecule is CCC1CCC(C(=O)C2CCC(C)(C)CC2)CC1. The minimum atomic E-state index is 0.404. The predicted molar refractivity (Wildman–Crippen MR) is 76.5 cm³/mol. The van der Waals surface area contributed by atoms with Gasteiger partial charge in [0.1, 0.15) is 5.78 Å². The van der Waals surface area contributed by atoms with E-state index >= 15 is 0 Å². The highest BCUT2D eigenvalue weighted by atomic mass is 16.1. The molecule has 0 atom stereocenters. The van der Waals surface area contributed by atoms with Crippen LogP contribution in [0.5, 0.6) is 0 Å². The van der Waals surface area contributed by atoms with E-state index in [2.05, 4.69) is 20.8 Å². The smallest absolute Gasteiger partial charge is 0.139 e. The van der Waals surface area contributed by atoms with Crippen molar-refractivity contribution in [1.82, 2.24) is 0 Å². The minimum Gasteiger partial charge on any atom is -0.299 e. The van der Waals surface area contributed by atoms with Crippen LogP contribution in [0.25, 0.3) is 0 Å². The van der Waals surface area contributed by atoms with Crippen LogP contribution in [-0.4, -0.2) is 5.78 Å². The van der Waals surface area contributed by atoms with Crippen LogP contribution in [0.3, 0.4) is 0 Å². The molecule has 2 rings (SSSR count). The van der Waals surface area contributed by atoms with Crippen molar-refractivity contribution in [2.45, 2.75) is 78.6 Å². The standard InChI is InChI=1S/C17H30O/c1-4-13-5-7-14(8-6-13)16(18)15-9-11-17(2,3)12-10-15/h13-15H,4-12H2,1-3H3. The summed E-state index contributed by atoms with van der Waals surface area (Å²) < 4.78 is 0. The Hall–Kier alpha value is -0.330. The van der Waals surface area contributed by atoms with Crippen LogP contribution in [0.1, 0.15) is 78.6 Å². The molecule has 0 bridgehead atoms. The van der Waals surface area contributed by atoms with Crippen LogP contribution in [-0.2, 0) is 4.79 Å². The van der Waals surface area contributed by atoms with Gasteiger partial charge in [0.25, 0.3) is 0 Å². The lowest BCUT2D eigenvalue weighted by molar-refractivity contribution is -0.129. The Morgan fingerprint density at radius 3 is 1.94 bits per heavy atom. The van der Waals surface area contributed by atoms with Crippen molar-refractivity contribution >= 4 is 5.78 Å². The third-order valence-electron chi connectivity index (χ3n) is 5.57. The van der Waals surface area contributed by atoms with Crippen LogP contribution >= 0.6 is 0 Å². The van der Waals surface area contributed by atoms with E-state index in [-0.39, 0.29) is 0 Å². The summed E-state index contributed by atoms with van der Waals surface area (Å²) in [6.07, 6.45) is 11.0. The summed E-state index contributed by atoms with van der Waals surface area (Å²) in [5, 5.41) is 0. The summed E-state index contributed by atoms with van der Waals surface area (Å²) in [5.41, 5.74) is 0.483. The first kappa shape index (κ1) is 14.1. The van der Waals surface area contributed by atoms with Crippen LogP contribution < -0.4 is 0 Å². The molecule has 0 aromatic rings.